The lowest BCUT2D eigenvalue weighted by atomic mass is 10.2. The molecule has 0 spiro atoms. The summed E-state index contributed by atoms with van der Waals surface area (Å²) in [5, 5.41) is 4.53. The molecule has 0 unspecified atom stereocenters. The predicted molar refractivity (Wildman–Crippen MR) is 114 cm³/mol. The van der Waals surface area contributed by atoms with Gasteiger partial charge in [-0.25, -0.2) is 5.43 Å². The Kier molecular flexibility index (Phi) is 7.25. The van der Waals surface area contributed by atoms with E-state index in [0.29, 0.717) is 17.4 Å². The highest BCUT2D eigenvalue weighted by Gasteiger charge is 2.13. The standard InChI is InChI=1S/C23H21ClN2O3/c1-17(23(27)26-25-15-19-8-5-9-20(24)14-19)29-22-12-10-21(11-13-22)28-16-18-6-3-2-4-7-18/h2-15,17H,16H2,1H3,(H,26,27)/b25-15-/t17-/m1/s1. The number of carbonyl (C=O) groups excluding carboxylic acids is 1. The number of ether oxygens (including phenoxy) is 2. The summed E-state index contributed by atoms with van der Waals surface area (Å²) in [6.45, 7) is 2.15. The van der Waals surface area contributed by atoms with Gasteiger partial charge < -0.3 is 9.47 Å². The largest absolute Gasteiger partial charge is 0.489 e. The number of benzene rings is 3. The molecular weight excluding hydrogens is 388 g/mol. The van der Waals surface area contributed by atoms with Crippen molar-refractivity contribution in [1.82, 2.24) is 5.43 Å². The van der Waals surface area contributed by atoms with E-state index < -0.39 is 6.10 Å². The van der Waals surface area contributed by atoms with Crippen LogP contribution in [0.25, 0.3) is 0 Å². The number of halogens is 1. The summed E-state index contributed by atoms with van der Waals surface area (Å²) >= 11 is 5.91. The number of rotatable bonds is 8. The molecule has 5 nitrogen and oxygen atoms in total. The lowest BCUT2D eigenvalue weighted by Gasteiger charge is -2.13. The van der Waals surface area contributed by atoms with E-state index in [1.165, 1.54) is 6.21 Å². The van der Waals surface area contributed by atoms with Crippen LogP contribution in [0.4, 0.5) is 0 Å². The summed E-state index contributed by atoms with van der Waals surface area (Å²) in [6, 6.07) is 24.2. The van der Waals surface area contributed by atoms with Crippen molar-refractivity contribution < 1.29 is 14.3 Å². The van der Waals surface area contributed by atoms with Gasteiger partial charge in [0.15, 0.2) is 6.10 Å². The summed E-state index contributed by atoms with van der Waals surface area (Å²) in [6.07, 6.45) is 0.817. The van der Waals surface area contributed by atoms with E-state index in [0.717, 1.165) is 16.9 Å². The molecule has 0 aliphatic rings. The van der Waals surface area contributed by atoms with Gasteiger partial charge in [-0.1, -0.05) is 54.1 Å². The Morgan fingerprint density at radius 3 is 2.48 bits per heavy atom. The van der Waals surface area contributed by atoms with Crippen LogP contribution in [0, 0.1) is 0 Å². The first kappa shape index (κ1) is 20.4. The zero-order valence-corrected chi connectivity index (χ0v) is 16.7. The van der Waals surface area contributed by atoms with E-state index in [1.54, 1.807) is 43.3 Å². The van der Waals surface area contributed by atoms with Gasteiger partial charge in [0.2, 0.25) is 0 Å². The summed E-state index contributed by atoms with van der Waals surface area (Å²) in [4.78, 5) is 12.1. The zero-order valence-electron chi connectivity index (χ0n) is 15.9. The Morgan fingerprint density at radius 1 is 1.03 bits per heavy atom. The monoisotopic (exact) mass is 408 g/mol. The fourth-order valence-electron chi connectivity index (χ4n) is 2.46. The molecule has 0 aliphatic carbocycles. The quantitative estimate of drug-likeness (QED) is 0.428. The van der Waals surface area contributed by atoms with Crippen molar-refractivity contribution in [2.45, 2.75) is 19.6 Å². The molecule has 0 heterocycles. The van der Waals surface area contributed by atoms with Gasteiger partial charge in [-0.15, -0.1) is 0 Å². The number of hydrogen-bond donors (Lipinski definition) is 1. The van der Waals surface area contributed by atoms with E-state index >= 15 is 0 Å². The summed E-state index contributed by atoms with van der Waals surface area (Å²) in [7, 11) is 0. The molecule has 0 saturated heterocycles. The SMILES string of the molecule is C[C@@H](Oc1ccc(OCc2ccccc2)cc1)C(=O)N/N=C\c1cccc(Cl)c1. The van der Waals surface area contributed by atoms with E-state index in [1.807, 2.05) is 42.5 Å². The molecule has 0 bridgehead atoms. The smallest absolute Gasteiger partial charge is 0.280 e. The van der Waals surface area contributed by atoms with E-state index in [9.17, 15) is 4.79 Å². The van der Waals surface area contributed by atoms with E-state index in [4.69, 9.17) is 21.1 Å². The minimum absolute atomic E-state index is 0.354. The topological polar surface area (TPSA) is 59.9 Å². The van der Waals surface area contributed by atoms with Crippen molar-refractivity contribution in [1.29, 1.82) is 0 Å². The molecule has 3 rings (SSSR count). The zero-order chi connectivity index (χ0) is 20.5. The molecule has 1 amide bonds. The van der Waals surface area contributed by atoms with Crippen LogP contribution in [0.15, 0.2) is 84.0 Å². The van der Waals surface area contributed by atoms with Gasteiger partial charge in [0.05, 0.1) is 6.21 Å². The van der Waals surface area contributed by atoms with Crippen LogP contribution in [-0.4, -0.2) is 18.2 Å². The first-order chi connectivity index (χ1) is 14.1. The summed E-state index contributed by atoms with van der Waals surface area (Å²) in [5.41, 5.74) is 4.34. The van der Waals surface area contributed by atoms with Gasteiger partial charge in [-0.2, -0.15) is 5.10 Å². The second-order valence-electron chi connectivity index (χ2n) is 6.30. The molecule has 0 radical (unpaired) electrons. The molecule has 0 saturated carbocycles. The normalized spacial score (nSPS) is 11.8. The number of nitrogens with one attached hydrogen (secondary N) is 1. The Balaban J connectivity index is 1.46. The van der Waals surface area contributed by atoms with Crippen LogP contribution in [-0.2, 0) is 11.4 Å². The van der Waals surface area contributed by atoms with Crippen molar-refractivity contribution in [2.75, 3.05) is 0 Å². The maximum Gasteiger partial charge on any atom is 0.280 e. The third kappa shape index (κ3) is 6.66. The molecule has 0 aromatic heterocycles. The number of hydrogen-bond acceptors (Lipinski definition) is 4. The van der Waals surface area contributed by atoms with Gasteiger partial charge in [0, 0.05) is 5.02 Å². The maximum atomic E-state index is 12.1. The summed E-state index contributed by atoms with van der Waals surface area (Å²) in [5.74, 6) is 0.940. The number of amides is 1. The minimum atomic E-state index is -0.706. The van der Waals surface area contributed by atoms with E-state index in [2.05, 4.69) is 10.5 Å². The van der Waals surface area contributed by atoms with Crippen molar-refractivity contribution in [3.8, 4) is 11.5 Å². The Morgan fingerprint density at radius 2 is 1.76 bits per heavy atom. The van der Waals surface area contributed by atoms with Crippen LogP contribution in [0.2, 0.25) is 5.02 Å². The molecule has 3 aromatic rings. The second-order valence-corrected chi connectivity index (χ2v) is 6.73. The van der Waals surface area contributed by atoms with Gasteiger partial charge in [0.25, 0.3) is 5.91 Å². The third-order valence-electron chi connectivity index (χ3n) is 3.99. The van der Waals surface area contributed by atoms with Crippen LogP contribution < -0.4 is 14.9 Å². The molecular formula is C23H21ClN2O3. The molecule has 1 N–H and O–H groups in total. The van der Waals surface area contributed by atoms with Crippen LogP contribution >= 0.6 is 11.6 Å². The highest BCUT2D eigenvalue weighted by molar-refractivity contribution is 6.30. The average molecular weight is 409 g/mol. The Labute approximate surface area is 174 Å². The molecule has 148 valence electrons. The number of hydrazone groups is 1. The third-order valence-corrected chi connectivity index (χ3v) is 4.23. The van der Waals surface area contributed by atoms with Crippen molar-refractivity contribution in [3.05, 3.63) is 95.0 Å². The fourth-order valence-corrected chi connectivity index (χ4v) is 2.66. The Bertz CT molecular complexity index is 959. The van der Waals surface area contributed by atoms with Crippen LogP contribution in [0.5, 0.6) is 11.5 Å². The maximum absolute atomic E-state index is 12.1. The lowest BCUT2D eigenvalue weighted by Crippen LogP contribution is -2.33. The highest BCUT2D eigenvalue weighted by Crippen LogP contribution is 2.19. The number of carbonyl (C=O) groups is 1. The molecule has 1 atom stereocenters. The van der Waals surface area contributed by atoms with Crippen LogP contribution in [0.3, 0.4) is 0 Å². The average Bonchev–Trinajstić information content (AvgIpc) is 2.74. The van der Waals surface area contributed by atoms with Crippen molar-refractivity contribution >= 4 is 23.7 Å². The molecule has 0 fully saturated rings. The second kappa shape index (κ2) is 10.3. The van der Waals surface area contributed by atoms with Gasteiger partial charge >= 0.3 is 0 Å². The van der Waals surface area contributed by atoms with Gasteiger partial charge in [0.1, 0.15) is 18.1 Å². The predicted octanol–water partition coefficient (Wildman–Crippen LogP) is 4.84. The first-order valence-corrected chi connectivity index (χ1v) is 9.50. The van der Waals surface area contributed by atoms with E-state index in [-0.39, 0.29) is 5.91 Å². The van der Waals surface area contributed by atoms with Gasteiger partial charge in [-0.05, 0) is 54.4 Å². The lowest BCUT2D eigenvalue weighted by molar-refractivity contribution is -0.127. The van der Waals surface area contributed by atoms with Crippen LogP contribution in [0.1, 0.15) is 18.1 Å². The van der Waals surface area contributed by atoms with Crippen molar-refractivity contribution in [2.24, 2.45) is 5.10 Å². The number of nitrogens with zero attached hydrogens (tertiary/aromatic N) is 1. The minimum Gasteiger partial charge on any atom is -0.489 e. The fraction of sp³-hybridized carbons (Fsp3) is 0.130. The molecule has 29 heavy (non-hydrogen) atoms. The first-order valence-electron chi connectivity index (χ1n) is 9.12. The van der Waals surface area contributed by atoms with Gasteiger partial charge in [-0.3, -0.25) is 4.79 Å². The highest BCUT2D eigenvalue weighted by atomic mass is 35.5. The molecule has 3 aromatic carbocycles. The molecule has 0 aliphatic heterocycles. The molecule has 6 heteroatoms. The Hall–Kier alpha value is -3.31. The van der Waals surface area contributed by atoms with Crippen molar-refractivity contribution in [3.63, 3.8) is 0 Å². The summed E-state index contributed by atoms with van der Waals surface area (Å²) < 4.78 is 11.4.